The van der Waals surface area contributed by atoms with Gasteiger partial charge in [0.2, 0.25) is 0 Å². The van der Waals surface area contributed by atoms with Crippen LogP contribution < -0.4 is 0 Å². The summed E-state index contributed by atoms with van der Waals surface area (Å²) in [5.74, 6) is 0. The van der Waals surface area contributed by atoms with Crippen molar-refractivity contribution in [1.82, 2.24) is 0 Å². The van der Waals surface area contributed by atoms with Crippen LogP contribution in [0.4, 0.5) is 5.69 Å². The molecule has 0 radical (unpaired) electrons. The summed E-state index contributed by atoms with van der Waals surface area (Å²) in [5, 5.41) is 0. The van der Waals surface area contributed by atoms with Crippen LogP contribution in [0.15, 0.2) is 52.0 Å². The molecule has 2 aromatic carbocycles. The van der Waals surface area contributed by atoms with Gasteiger partial charge in [-0.1, -0.05) is 0 Å². The average molecular weight is 347 g/mol. The van der Waals surface area contributed by atoms with Crippen molar-refractivity contribution in [3.8, 4) is 0 Å². The Kier molecular flexibility index (Phi) is 4.94. The van der Waals surface area contributed by atoms with E-state index >= 15 is 0 Å². The predicted octanol–water partition coefficient (Wildman–Crippen LogP) is 4.98. The second kappa shape index (κ2) is 6.50. The van der Waals surface area contributed by atoms with Gasteiger partial charge in [-0.3, -0.25) is 0 Å². The zero-order chi connectivity index (χ0) is 14.6. The van der Waals surface area contributed by atoms with Crippen LogP contribution in [0.5, 0.6) is 0 Å². The Bertz CT molecular complexity index is 630. The van der Waals surface area contributed by atoms with Crippen molar-refractivity contribution < 1.29 is 17.9 Å². The Balaban J connectivity index is 2.31. The van der Waals surface area contributed by atoms with Gasteiger partial charge >= 0.3 is 130 Å². The maximum absolute atomic E-state index is 4.89. The van der Waals surface area contributed by atoms with E-state index in [-0.39, 0.29) is 5.41 Å². The number of rotatable bonds is 3. The summed E-state index contributed by atoms with van der Waals surface area (Å²) in [6, 6.07) is 17.1. The molecule has 0 unspecified atom stereocenters. The fourth-order valence-electron chi connectivity index (χ4n) is 2.10. The molecule has 0 saturated heterocycles. The summed E-state index contributed by atoms with van der Waals surface area (Å²) in [5.41, 5.74) is 5.21. The van der Waals surface area contributed by atoms with E-state index in [2.05, 4.69) is 80.6 Å². The monoisotopic (exact) mass is 349 g/mol. The van der Waals surface area contributed by atoms with Crippen molar-refractivity contribution in [1.29, 1.82) is 0 Å². The predicted molar refractivity (Wildman–Crippen MR) is 83.5 cm³/mol. The van der Waals surface area contributed by atoms with E-state index in [0.29, 0.717) is 0 Å². The summed E-state index contributed by atoms with van der Waals surface area (Å²) in [6.45, 7) is 8.82. The molecule has 20 heavy (non-hydrogen) atoms. The quantitative estimate of drug-likeness (QED) is 0.695. The molecular formula is C18H21MoN+2. The molecule has 0 aliphatic heterocycles. The molecule has 2 aromatic rings. The van der Waals surface area contributed by atoms with Crippen molar-refractivity contribution in [3.05, 3.63) is 65.2 Å². The van der Waals surface area contributed by atoms with E-state index in [0.717, 1.165) is 0 Å². The Hall–Kier alpha value is -1.20. The summed E-state index contributed by atoms with van der Waals surface area (Å²) in [4.78, 5) is 0. The zero-order valence-electron chi connectivity index (χ0n) is 12.6. The summed E-state index contributed by atoms with van der Waals surface area (Å²) >= 11 is -0.493. The normalized spacial score (nSPS) is 10.8. The molecule has 0 saturated carbocycles. The molecule has 2 rings (SSSR count). The third-order valence-corrected chi connectivity index (χ3v) is 5.86. The molecule has 0 amide bonds. The van der Waals surface area contributed by atoms with E-state index in [1.54, 1.807) is 0 Å². The Morgan fingerprint density at radius 3 is 2.10 bits per heavy atom. The van der Waals surface area contributed by atoms with E-state index in [1.165, 1.54) is 22.4 Å². The Morgan fingerprint density at radius 2 is 1.50 bits per heavy atom. The topological polar surface area (TPSA) is 12.4 Å². The van der Waals surface area contributed by atoms with Crippen molar-refractivity contribution in [3.63, 3.8) is 0 Å². The van der Waals surface area contributed by atoms with Gasteiger partial charge in [0, 0.05) is 0 Å². The summed E-state index contributed by atoms with van der Waals surface area (Å²) in [7, 11) is 0. The molecule has 0 atom stereocenters. The molecule has 0 bridgehead atoms. The first-order valence-electron chi connectivity index (χ1n) is 6.84. The van der Waals surface area contributed by atoms with Crippen LogP contribution in [0.1, 0.15) is 30.5 Å². The van der Waals surface area contributed by atoms with E-state index in [1.807, 2.05) is 0 Å². The third-order valence-electron chi connectivity index (χ3n) is 3.45. The van der Waals surface area contributed by atoms with Gasteiger partial charge in [0.1, 0.15) is 0 Å². The fraction of sp³-hybridized carbons (Fsp3) is 0.278. The van der Waals surface area contributed by atoms with Gasteiger partial charge in [-0.05, 0) is 0 Å². The molecule has 2 heteroatoms. The molecule has 0 heterocycles. The minimum atomic E-state index is -0.493. The van der Waals surface area contributed by atoms with Crippen LogP contribution in [0.25, 0.3) is 0 Å². The number of benzene rings is 2. The van der Waals surface area contributed by atoms with E-state index < -0.39 is 17.9 Å². The number of nitrogens with zero attached hydrogens (tertiary/aromatic N) is 1. The SMILES string of the molecule is Cc1cccc(C)c1[N]=[Mo+2]=[CH]C(C)(C)c1ccccc1. The van der Waals surface area contributed by atoms with Gasteiger partial charge in [0.25, 0.3) is 0 Å². The van der Waals surface area contributed by atoms with Crippen LogP contribution in [0.3, 0.4) is 0 Å². The number of hydrogen-bond donors (Lipinski definition) is 0. The van der Waals surface area contributed by atoms with Crippen molar-refractivity contribution in [2.45, 2.75) is 33.1 Å². The molecule has 0 aliphatic rings. The number of aryl methyl sites for hydroxylation is 2. The second-order valence-corrected chi connectivity index (χ2v) is 7.19. The zero-order valence-corrected chi connectivity index (χ0v) is 14.6. The van der Waals surface area contributed by atoms with Gasteiger partial charge in [-0.2, -0.15) is 0 Å². The molecule has 1 nitrogen and oxygen atoms in total. The van der Waals surface area contributed by atoms with Crippen molar-refractivity contribution in [2.24, 2.45) is 3.50 Å². The molecule has 0 fully saturated rings. The molecular weight excluding hydrogens is 326 g/mol. The maximum atomic E-state index is 4.89. The second-order valence-electron chi connectivity index (χ2n) is 5.64. The van der Waals surface area contributed by atoms with Gasteiger partial charge in [0.15, 0.2) is 0 Å². The molecule has 0 spiro atoms. The van der Waals surface area contributed by atoms with Crippen molar-refractivity contribution in [2.75, 3.05) is 0 Å². The first-order chi connectivity index (χ1) is 9.50. The van der Waals surface area contributed by atoms with Crippen LogP contribution >= 0.6 is 0 Å². The summed E-state index contributed by atoms with van der Waals surface area (Å²) in [6.07, 6.45) is 0. The fourth-order valence-corrected chi connectivity index (χ4v) is 4.17. The molecule has 0 aromatic heterocycles. The molecule has 0 N–H and O–H groups in total. The molecule has 102 valence electrons. The third kappa shape index (κ3) is 3.67. The average Bonchev–Trinajstić information content (AvgIpc) is 2.43. The van der Waals surface area contributed by atoms with E-state index in [4.69, 9.17) is 3.50 Å². The van der Waals surface area contributed by atoms with Gasteiger partial charge in [0.05, 0.1) is 0 Å². The van der Waals surface area contributed by atoms with Crippen molar-refractivity contribution >= 4 is 10.1 Å². The Morgan fingerprint density at radius 1 is 0.900 bits per heavy atom. The Labute approximate surface area is 130 Å². The first-order valence-corrected chi connectivity index (χ1v) is 8.89. The van der Waals surface area contributed by atoms with Gasteiger partial charge in [-0.25, -0.2) is 0 Å². The van der Waals surface area contributed by atoms with Gasteiger partial charge < -0.3 is 0 Å². The van der Waals surface area contributed by atoms with Crippen LogP contribution in [0.2, 0.25) is 0 Å². The first kappa shape index (κ1) is 15.2. The standard InChI is InChI=1S/C10H12.C8H9N.Mo/c1-10(2,3)9-7-5-4-6-8-9;1-6-4-3-5-7(2)8(6)9;/h1,4-8H,2-3H3;3-5H,1-2H3;/q;;+2. The summed E-state index contributed by atoms with van der Waals surface area (Å²) < 4.78 is 7.31. The van der Waals surface area contributed by atoms with Crippen LogP contribution in [0, 0.1) is 13.8 Å². The number of hydrogen-bond acceptors (Lipinski definition) is 1. The van der Waals surface area contributed by atoms with Crippen LogP contribution in [-0.4, -0.2) is 4.40 Å². The minimum absolute atomic E-state index is 0.101. The molecule has 0 aliphatic carbocycles. The van der Waals surface area contributed by atoms with Gasteiger partial charge in [-0.15, -0.1) is 0 Å². The van der Waals surface area contributed by atoms with E-state index in [9.17, 15) is 0 Å². The van der Waals surface area contributed by atoms with Crippen LogP contribution in [-0.2, 0) is 23.3 Å².